The topological polar surface area (TPSA) is 59.0 Å². The lowest BCUT2D eigenvalue weighted by molar-refractivity contribution is -0.122. The van der Waals surface area contributed by atoms with Gasteiger partial charge < -0.3 is 10.6 Å². The van der Waals surface area contributed by atoms with Crippen molar-refractivity contribution in [1.82, 2.24) is 15.1 Å². The van der Waals surface area contributed by atoms with E-state index in [1.165, 1.54) is 0 Å². The fourth-order valence-electron chi connectivity index (χ4n) is 2.49. The Hall–Kier alpha value is -1.36. The molecule has 0 aliphatic carbocycles. The van der Waals surface area contributed by atoms with Gasteiger partial charge in [0.2, 0.25) is 5.91 Å². The Morgan fingerprint density at radius 1 is 1.71 bits per heavy atom. The molecule has 1 amide bonds. The fraction of sp³-hybridized carbons (Fsp3) is 0.667. The van der Waals surface area contributed by atoms with Gasteiger partial charge in [-0.3, -0.25) is 9.48 Å². The molecule has 2 rings (SSSR count). The molecule has 0 saturated carbocycles. The van der Waals surface area contributed by atoms with Crippen molar-refractivity contribution in [3.63, 3.8) is 0 Å². The summed E-state index contributed by atoms with van der Waals surface area (Å²) >= 11 is 0. The zero-order chi connectivity index (χ0) is 12.3. The number of anilines is 1. The third-order valence-electron chi connectivity index (χ3n) is 3.32. The number of hydrogen-bond acceptors (Lipinski definition) is 3. The number of carbonyl (C=O) groups excluding carboxylic acids is 1. The number of amides is 1. The van der Waals surface area contributed by atoms with Crippen LogP contribution in [0.3, 0.4) is 0 Å². The zero-order valence-corrected chi connectivity index (χ0v) is 10.5. The van der Waals surface area contributed by atoms with E-state index >= 15 is 0 Å². The number of nitrogens with zero attached hydrogens (tertiary/aromatic N) is 2. The Kier molecular flexibility index (Phi) is 3.47. The van der Waals surface area contributed by atoms with Gasteiger partial charge >= 0.3 is 0 Å². The predicted octanol–water partition coefficient (Wildman–Crippen LogP) is 1.28. The lowest BCUT2D eigenvalue weighted by Crippen LogP contribution is -2.50. The van der Waals surface area contributed by atoms with Crippen molar-refractivity contribution in [2.75, 3.05) is 11.9 Å². The van der Waals surface area contributed by atoms with Gasteiger partial charge in [0.15, 0.2) is 0 Å². The molecule has 94 valence electrons. The normalized spacial score (nSPS) is 23.9. The minimum absolute atomic E-state index is 0.0739. The van der Waals surface area contributed by atoms with Gasteiger partial charge in [0.25, 0.3) is 0 Å². The second-order valence-corrected chi connectivity index (χ2v) is 4.72. The fourth-order valence-corrected chi connectivity index (χ4v) is 2.49. The molecule has 1 saturated heterocycles. The molecule has 1 atom stereocenters. The molecule has 2 heterocycles. The molecule has 0 aromatic carbocycles. The first-order valence-corrected chi connectivity index (χ1v) is 6.21. The van der Waals surface area contributed by atoms with Crippen LogP contribution in [0.2, 0.25) is 0 Å². The largest absolute Gasteiger partial charge is 0.322 e. The summed E-state index contributed by atoms with van der Waals surface area (Å²) in [5.74, 6) is 0.0739. The molecule has 0 bridgehead atoms. The smallest absolute Gasteiger partial charge is 0.244 e. The summed E-state index contributed by atoms with van der Waals surface area (Å²) in [5.41, 5.74) is 0.395. The number of rotatable bonds is 4. The maximum absolute atomic E-state index is 12.3. The molecule has 1 aromatic rings. The summed E-state index contributed by atoms with van der Waals surface area (Å²) in [6, 6.07) is 0. The van der Waals surface area contributed by atoms with E-state index in [9.17, 15) is 4.79 Å². The average molecular weight is 236 g/mol. The van der Waals surface area contributed by atoms with Gasteiger partial charge in [-0.05, 0) is 25.8 Å². The number of nitrogens with one attached hydrogen (secondary N) is 2. The summed E-state index contributed by atoms with van der Waals surface area (Å²) in [7, 11) is 1.84. The highest BCUT2D eigenvalue weighted by atomic mass is 16.2. The van der Waals surface area contributed by atoms with E-state index in [0.717, 1.165) is 37.9 Å². The molecule has 1 fully saturated rings. The molecule has 5 heteroatoms. The van der Waals surface area contributed by atoms with Crippen molar-refractivity contribution >= 4 is 11.6 Å². The highest BCUT2D eigenvalue weighted by Crippen LogP contribution is 2.26. The first kappa shape index (κ1) is 12.1. The lowest BCUT2D eigenvalue weighted by Gasteiger charge is -2.27. The van der Waals surface area contributed by atoms with E-state index in [0.29, 0.717) is 0 Å². The summed E-state index contributed by atoms with van der Waals surface area (Å²) < 4.78 is 1.68. The van der Waals surface area contributed by atoms with Gasteiger partial charge in [0, 0.05) is 13.2 Å². The summed E-state index contributed by atoms with van der Waals surface area (Å²) in [6.45, 7) is 3.04. The van der Waals surface area contributed by atoms with Crippen molar-refractivity contribution in [3.05, 3.63) is 12.4 Å². The van der Waals surface area contributed by atoms with Crippen LogP contribution in [0.4, 0.5) is 5.69 Å². The van der Waals surface area contributed by atoms with Crippen LogP contribution >= 0.6 is 0 Å². The van der Waals surface area contributed by atoms with E-state index in [2.05, 4.69) is 22.7 Å². The Morgan fingerprint density at radius 2 is 2.53 bits per heavy atom. The van der Waals surface area contributed by atoms with Gasteiger partial charge in [-0.25, -0.2) is 0 Å². The molecule has 1 aromatic heterocycles. The monoisotopic (exact) mass is 236 g/mol. The minimum Gasteiger partial charge on any atom is -0.322 e. The van der Waals surface area contributed by atoms with E-state index in [1.54, 1.807) is 10.9 Å². The summed E-state index contributed by atoms with van der Waals surface area (Å²) in [4.78, 5) is 12.3. The average Bonchev–Trinajstić information content (AvgIpc) is 2.89. The number of aromatic nitrogens is 2. The Balaban J connectivity index is 2.06. The van der Waals surface area contributed by atoms with Gasteiger partial charge in [0.1, 0.15) is 0 Å². The molecule has 0 radical (unpaired) electrons. The Labute approximate surface area is 102 Å². The standard InChI is InChI=1S/C12H20N4O/c1-3-5-12(6-4-7-13-12)11(17)15-10-8-14-16(2)9-10/h8-9,13H,3-7H2,1-2H3,(H,15,17). The minimum atomic E-state index is -0.370. The van der Waals surface area contributed by atoms with Crippen molar-refractivity contribution in [3.8, 4) is 0 Å². The SMILES string of the molecule is CCCC1(C(=O)Nc2cnn(C)c2)CCCN1. The molecule has 17 heavy (non-hydrogen) atoms. The van der Waals surface area contributed by atoms with Crippen LogP contribution in [-0.2, 0) is 11.8 Å². The van der Waals surface area contributed by atoms with Crippen LogP contribution in [-0.4, -0.2) is 27.8 Å². The van der Waals surface area contributed by atoms with Gasteiger partial charge in [-0.2, -0.15) is 5.10 Å². The predicted molar refractivity (Wildman–Crippen MR) is 66.7 cm³/mol. The van der Waals surface area contributed by atoms with E-state index in [4.69, 9.17) is 0 Å². The van der Waals surface area contributed by atoms with Gasteiger partial charge in [-0.15, -0.1) is 0 Å². The van der Waals surface area contributed by atoms with Crippen molar-refractivity contribution in [2.24, 2.45) is 7.05 Å². The highest BCUT2D eigenvalue weighted by Gasteiger charge is 2.39. The molecule has 1 unspecified atom stereocenters. The summed E-state index contributed by atoms with van der Waals surface area (Å²) in [5, 5.41) is 10.4. The number of aryl methyl sites for hydroxylation is 1. The first-order valence-electron chi connectivity index (χ1n) is 6.21. The van der Waals surface area contributed by atoms with E-state index in [-0.39, 0.29) is 11.4 Å². The molecular weight excluding hydrogens is 216 g/mol. The van der Waals surface area contributed by atoms with Crippen molar-refractivity contribution in [2.45, 2.75) is 38.1 Å². The molecule has 2 N–H and O–H groups in total. The zero-order valence-electron chi connectivity index (χ0n) is 10.5. The maximum Gasteiger partial charge on any atom is 0.244 e. The van der Waals surface area contributed by atoms with Crippen molar-refractivity contribution in [1.29, 1.82) is 0 Å². The molecule has 1 aliphatic rings. The van der Waals surface area contributed by atoms with Gasteiger partial charge in [0.05, 0.1) is 17.4 Å². The lowest BCUT2D eigenvalue weighted by atomic mass is 9.91. The third-order valence-corrected chi connectivity index (χ3v) is 3.32. The van der Waals surface area contributed by atoms with Crippen LogP contribution in [0, 0.1) is 0 Å². The van der Waals surface area contributed by atoms with Crippen LogP contribution in [0.5, 0.6) is 0 Å². The second-order valence-electron chi connectivity index (χ2n) is 4.72. The van der Waals surface area contributed by atoms with E-state index < -0.39 is 0 Å². The number of carbonyl (C=O) groups is 1. The summed E-state index contributed by atoms with van der Waals surface area (Å²) in [6.07, 6.45) is 7.37. The Morgan fingerprint density at radius 3 is 3.06 bits per heavy atom. The van der Waals surface area contributed by atoms with Crippen LogP contribution in [0.15, 0.2) is 12.4 Å². The van der Waals surface area contributed by atoms with Crippen molar-refractivity contribution < 1.29 is 4.79 Å². The molecule has 0 spiro atoms. The van der Waals surface area contributed by atoms with Crippen LogP contribution < -0.4 is 10.6 Å². The Bertz CT molecular complexity index is 393. The first-order chi connectivity index (χ1) is 8.16. The van der Waals surface area contributed by atoms with Crippen LogP contribution in [0.1, 0.15) is 32.6 Å². The quantitative estimate of drug-likeness (QED) is 0.828. The molecule has 5 nitrogen and oxygen atoms in total. The highest BCUT2D eigenvalue weighted by molar-refractivity contribution is 5.98. The van der Waals surface area contributed by atoms with Gasteiger partial charge in [-0.1, -0.05) is 13.3 Å². The van der Waals surface area contributed by atoms with Crippen LogP contribution in [0.25, 0.3) is 0 Å². The number of hydrogen-bond donors (Lipinski definition) is 2. The molecule has 1 aliphatic heterocycles. The third kappa shape index (κ3) is 2.49. The maximum atomic E-state index is 12.3. The molecular formula is C12H20N4O. The second kappa shape index (κ2) is 4.87. The van der Waals surface area contributed by atoms with E-state index in [1.807, 2.05) is 13.2 Å².